The summed E-state index contributed by atoms with van der Waals surface area (Å²) in [6.07, 6.45) is 1.79. The van der Waals surface area contributed by atoms with Gasteiger partial charge >= 0.3 is 6.18 Å². The van der Waals surface area contributed by atoms with Crippen molar-refractivity contribution in [2.75, 3.05) is 23.3 Å². The minimum Gasteiger partial charge on any atom is -0.356 e. The standard InChI is InChI=1S/C19H19F3N4O2/c20-19(21,22)12-9-14(17(28)25-13-1-6-23-15(27)10-13)16(24-11-12)26-7-4-18(2-3-18)5-8-26/h1,6,9-11H,2-5,7-8H2,(H2,23,25,27,28). The second kappa shape index (κ2) is 6.65. The van der Waals surface area contributed by atoms with Gasteiger partial charge in [-0.1, -0.05) is 0 Å². The van der Waals surface area contributed by atoms with E-state index in [9.17, 15) is 22.8 Å². The van der Waals surface area contributed by atoms with Gasteiger partial charge in [0.25, 0.3) is 5.91 Å². The molecular weight excluding hydrogens is 373 g/mol. The number of H-pyrrole nitrogens is 1. The number of alkyl halides is 3. The lowest BCUT2D eigenvalue weighted by atomic mass is 9.93. The minimum absolute atomic E-state index is 0.151. The lowest BCUT2D eigenvalue weighted by Gasteiger charge is -2.34. The van der Waals surface area contributed by atoms with E-state index in [2.05, 4.69) is 15.3 Å². The van der Waals surface area contributed by atoms with Gasteiger partial charge in [-0.25, -0.2) is 4.98 Å². The summed E-state index contributed by atoms with van der Waals surface area (Å²) in [6, 6.07) is 3.44. The first-order chi connectivity index (χ1) is 13.3. The Balaban J connectivity index is 1.65. The van der Waals surface area contributed by atoms with E-state index in [0.29, 0.717) is 18.5 Å². The largest absolute Gasteiger partial charge is 0.417 e. The van der Waals surface area contributed by atoms with Crippen LogP contribution in [0.15, 0.2) is 35.4 Å². The molecule has 4 rings (SSSR count). The molecule has 2 aromatic rings. The number of nitrogens with zero attached hydrogens (tertiary/aromatic N) is 2. The molecule has 148 valence electrons. The Morgan fingerprint density at radius 1 is 1.18 bits per heavy atom. The highest BCUT2D eigenvalue weighted by Gasteiger charge is 2.45. The van der Waals surface area contributed by atoms with Crippen LogP contribution < -0.4 is 15.8 Å². The van der Waals surface area contributed by atoms with E-state index in [4.69, 9.17) is 0 Å². The maximum atomic E-state index is 13.2. The molecule has 1 spiro atoms. The average molecular weight is 392 g/mol. The molecule has 2 aliphatic rings. The normalized spacial score (nSPS) is 18.2. The first-order valence-electron chi connectivity index (χ1n) is 9.08. The Morgan fingerprint density at radius 3 is 2.50 bits per heavy atom. The molecule has 6 nitrogen and oxygen atoms in total. The molecule has 0 unspecified atom stereocenters. The minimum atomic E-state index is -4.61. The number of carbonyl (C=O) groups is 1. The number of aromatic nitrogens is 2. The molecule has 2 N–H and O–H groups in total. The third-order valence-corrected chi connectivity index (χ3v) is 5.55. The van der Waals surface area contributed by atoms with E-state index in [1.807, 2.05) is 4.90 Å². The number of rotatable bonds is 3. The SMILES string of the molecule is O=C(Nc1cc[nH]c(=O)c1)c1cc(C(F)(F)F)cnc1N1CCC2(CC1)CC2. The van der Waals surface area contributed by atoms with Gasteiger partial charge in [0.05, 0.1) is 11.1 Å². The van der Waals surface area contributed by atoms with Crippen molar-refractivity contribution in [3.8, 4) is 0 Å². The molecule has 1 saturated carbocycles. The molecule has 0 bridgehead atoms. The van der Waals surface area contributed by atoms with E-state index in [-0.39, 0.29) is 17.1 Å². The summed E-state index contributed by atoms with van der Waals surface area (Å²) in [5.41, 5.74) is -0.973. The predicted octanol–water partition coefficient (Wildman–Crippen LogP) is 3.42. The van der Waals surface area contributed by atoms with Crippen LogP contribution in [0.5, 0.6) is 0 Å². The van der Waals surface area contributed by atoms with Crippen LogP contribution in [0, 0.1) is 5.41 Å². The fraction of sp³-hybridized carbons (Fsp3) is 0.421. The van der Waals surface area contributed by atoms with Crippen LogP contribution in [0.3, 0.4) is 0 Å². The van der Waals surface area contributed by atoms with E-state index >= 15 is 0 Å². The van der Waals surface area contributed by atoms with Crippen molar-refractivity contribution in [3.63, 3.8) is 0 Å². The van der Waals surface area contributed by atoms with Crippen molar-refractivity contribution in [3.05, 3.63) is 52.1 Å². The molecule has 1 aliphatic heterocycles. The zero-order valence-corrected chi connectivity index (χ0v) is 15.0. The Labute approximate surface area is 158 Å². The molecule has 0 aromatic carbocycles. The van der Waals surface area contributed by atoms with Crippen LogP contribution in [0.25, 0.3) is 0 Å². The summed E-state index contributed by atoms with van der Waals surface area (Å²) in [7, 11) is 0. The molecular formula is C19H19F3N4O2. The van der Waals surface area contributed by atoms with Crippen molar-refractivity contribution in [1.82, 2.24) is 9.97 Å². The van der Waals surface area contributed by atoms with Gasteiger partial charge in [0, 0.05) is 37.2 Å². The van der Waals surface area contributed by atoms with Crippen molar-refractivity contribution < 1.29 is 18.0 Å². The second-order valence-corrected chi connectivity index (χ2v) is 7.48. The van der Waals surface area contributed by atoms with Gasteiger partial charge < -0.3 is 15.2 Å². The number of aromatic amines is 1. The zero-order valence-electron chi connectivity index (χ0n) is 15.0. The fourth-order valence-corrected chi connectivity index (χ4v) is 3.62. The summed E-state index contributed by atoms with van der Waals surface area (Å²) in [4.78, 5) is 32.4. The first kappa shape index (κ1) is 18.5. The number of carbonyl (C=O) groups excluding carboxylic acids is 1. The molecule has 28 heavy (non-hydrogen) atoms. The lowest BCUT2D eigenvalue weighted by Crippen LogP contribution is -2.36. The van der Waals surface area contributed by atoms with Crippen molar-refractivity contribution in [1.29, 1.82) is 0 Å². The summed E-state index contributed by atoms with van der Waals surface area (Å²) in [6.45, 7) is 1.31. The van der Waals surface area contributed by atoms with Gasteiger partial charge in [0.15, 0.2) is 0 Å². The number of halogens is 3. The van der Waals surface area contributed by atoms with Gasteiger partial charge in [0.2, 0.25) is 5.56 Å². The maximum absolute atomic E-state index is 13.2. The summed E-state index contributed by atoms with van der Waals surface area (Å²) >= 11 is 0. The molecule has 2 fully saturated rings. The number of piperidine rings is 1. The summed E-state index contributed by atoms with van der Waals surface area (Å²) in [5, 5.41) is 2.49. The van der Waals surface area contributed by atoms with Crippen molar-refractivity contribution in [2.24, 2.45) is 5.41 Å². The van der Waals surface area contributed by atoms with Gasteiger partial charge in [-0.15, -0.1) is 0 Å². The highest BCUT2D eigenvalue weighted by molar-refractivity contribution is 6.07. The topological polar surface area (TPSA) is 78.1 Å². The Hall–Kier alpha value is -2.84. The van der Waals surface area contributed by atoms with Gasteiger partial charge in [-0.05, 0) is 43.2 Å². The second-order valence-electron chi connectivity index (χ2n) is 7.48. The molecule has 3 heterocycles. The molecule has 1 amide bonds. The van der Waals surface area contributed by atoms with Crippen molar-refractivity contribution >= 4 is 17.4 Å². The number of hydrogen-bond donors (Lipinski definition) is 2. The number of anilines is 2. The lowest BCUT2D eigenvalue weighted by molar-refractivity contribution is -0.137. The average Bonchev–Trinajstić information content (AvgIpc) is 3.40. The third-order valence-electron chi connectivity index (χ3n) is 5.55. The van der Waals surface area contributed by atoms with Gasteiger partial charge in [-0.3, -0.25) is 9.59 Å². The quantitative estimate of drug-likeness (QED) is 0.839. The Bertz CT molecular complexity index is 956. The molecule has 1 aliphatic carbocycles. The number of pyridine rings is 2. The first-order valence-corrected chi connectivity index (χ1v) is 9.08. The molecule has 0 atom stereocenters. The number of hydrogen-bond acceptors (Lipinski definition) is 4. The van der Waals surface area contributed by atoms with E-state index < -0.39 is 23.2 Å². The smallest absolute Gasteiger partial charge is 0.356 e. The van der Waals surface area contributed by atoms with E-state index in [1.54, 1.807) is 0 Å². The van der Waals surface area contributed by atoms with Gasteiger partial charge in [-0.2, -0.15) is 13.2 Å². The summed E-state index contributed by atoms with van der Waals surface area (Å²) in [5.74, 6) is -0.489. The highest BCUT2D eigenvalue weighted by atomic mass is 19.4. The maximum Gasteiger partial charge on any atom is 0.417 e. The van der Waals surface area contributed by atoms with Crippen molar-refractivity contribution in [2.45, 2.75) is 31.9 Å². The van der Waals surface area contributed by atoms with E-state index in [1.165, 1.54) is 25.1 Å². The monoisotopic (exact) mass is 392 g/mol. The van der Waals surface area contributed by atoms with Crippen LogP contribution in [0.2, 0.25) is 0 Å². The Kier molecular flexibility index (Phi) is 4.40. The number of nitrogens with one attached hydrogen (secondary N) is 2. The predicted molar refractivity (Wildman–Crippen MR) is 97.4 cm³/mol. The molecule has 2 aromatic heterocycles. The van der Waals surface area contributed by atoms with Crippen LogP contribution in [-0.4, -0.2) is 29.0 Å². The number of amides is 1. The van der Waals surface area contributed by atoms with Crippen LogP contribution >= 0.6 is 0 Å². The third kappa shape index (κ3) is 3.74. The molecule has 0 radical (unpaired) electrons. The summed E-state index contributed by atoms with van der Waals surface area (Å²) < 4.78 is 39.5. The molecule has 1 saturated heterocycles. The Morgan fingerprint density at radius 2 is 1.89 bits per heavy atom. The van der Waals surface area contributed by atoms with Gasteiger partial charge in [0.1, 0.15) is 5.82 Å². The fourth-order valence-electron chi connectivity index (χ4n) is 3.62. The van der Waals surface area contributed by atoms with Crippen LogP contribution in [0.4, 0.5) is 24.7 Å². The molecule has 9 heteroatoms. The van der Waals surface area contributed by atoms with Crippen LogP contribution in [-0.2, 0) is 6.18 Å². The van der Waals surface area contributed by atoms with E-state index in [0.717, 1.165) is 31.2 Å². The highest BCUT2D eigenvalue weighted by Crippen LogP contribution is 2.54. The van der Waals surface area contributed by atoms with Crippen LogP contribution in [0.1, 0.15) is 41.6 Å². The zero-order chi connectivity index (χ0) is 19.9.